The van der Waals surface area contributed by atoms with Crippen molar-refractivity contribution in [1.29, 1.82) is 0 Å². The number of hydrogen-bond acceptors (Lipinski definition) is 6. The van der Waals surface area contributed by atoms with E-state index >= 15 is 0 Å². The maximum absolute atomic E-state index is 13.7. The first-order chi connectivity index (χ1) is 20.0. The molecule has 2 aliphatic carbocycles. The molecule has 12 heteroatoms. The van der Waals surface area contributed by atoms with E-state index in [-0.39, 0.29) is 12.0 Å². The van der Waals surface area contributed by atoms with E-state index in [1.807, 2.05) is 6.07 Å². The van der Waals surface area contributed by atoms with Crippen LogP contribution in [0.3, 0.4) is 0 Å². The average Bonchev–Trinajstić information content (AvgIpc) is 3.62. The predicted molar refractivity (Wildman–Crippen MR) is 157 cm³/mol. The van der Waals surface area contributed by atoms with Crippen molar-refractivity contribution < 1.29 is 31.5 Å². The van der Waals surface area contributed by atoms with Gasteiger partial charge in [-0.2, -0.15) is 13.2 Å². The van der Waals surface area contributed by atoms with Crippen molar-refractivity contribution >= 4 is 38.7 Å². The highest BCUT2D eigenvalue weighted by Crippen LogP contribution is 2.54. The molecular weight excluding hydrogens is 569 g/mol. The van der Waals surface area contributed by atoms with Gasteiger partial charge in [0.1, 0.15) is 6.54 Å². The molecular formula is C30H37F3N4O4S. The summed E-state index contributed by atoms with van der Waals surface area (Å²) >= 11 is 0. The Balaban J connectivity index is 1.28. The van der Waals surface area contributed by atoms with Crippen LogP contribution < -0.4 is 19.8 Å². The standard InChI is InChI=1S/C30H37F3N4O4S/c31-30(32,33)19-37-25-4-2-1-3-22(25)23-7-5-20(17-27(23)37)34-28(39)24-8-6-21(35-42(40,41)16-15-38)18-26(24)36-13-11-29(9-10-29)12-14-36/h5-8,17-18,22,25,35,38H,1-4,9-16,19H2,(H,34,39). The summed E-state index contributed by atoms with van der Waals surface area (Å²) in [6.45, 7) is -0.0608. The van der Waals surface area contributed by atoms with E-state index < -0.39 is 41.0 Å². The lowest BCUT2D eigenvalue weighted by Crippen LogP contribution is -2.41. The lowest BCUT2D eigenvalue weighted by atomic mass is 9.82. The van der Waals surface area contributed by atoms with Crippen molar-refractivity contribution in [2.24, 2.45) is 5.41 Å². The first kappa shape index (κ1) is 29.1. The number of alkyl halides is 3. The van der Waals surface area contributed by atoms with Gasteiger partial charge < -0.3 is 20.2 Å². The van der Waals surface area contributed by atoms with Crippen LogP contribution in [0.5, 0.6) is 0 Å². The summed E-state index contributed by atoms with van der Waals surface area (Å²) in [6.07, 6.45) is 3.53. The zero-order chi connectivity index (χ0) is 29.7. The van der Waals surface area contributed by atoms with Gasteiger partial charge in [0, 0.05) is 36.4 Å². The Bertz CT molecular complexity index is 1450. The molecule has 2 aromatic rings. The van der Waals surface area contributed by atoms with E-state index in [9.17, 15) is 26.4 Å². The fourth-order valence-electron chi connectivity index (χ4n) is 7.10. The number of sulfonamides is 1. The van der Waals surface area contributed by atoms with Gasteiger partial charge in [-0.25, -0.2) is 8.42 Å². The fourth-order valence-corrected chi connectivity index (χ4v) is 7.93. The van der Waals surface area contributed by atoms with Gasteiger partial charge in [-0.3, -0.25) is 9.52 Å². The molecule has 4 aliphatic rings. The van der Waals surface area contributed by atoms with Crippen LogP contribution in [0.4, 0.5) is 35.9 Å². The number of aliphatic hydroxyl groups excluding tert-OH is 1. The van der Waals surface area contributed by atoms with Gasteiger partial charge in [0.25, 0.3) is 5.91 Å². The number of rotatable bonds is 8. The van der Waals surface area contributed by atoms with Crippen LogP contribution in [-0.4, -0.2) is 63.6 Å². The average molecular weight is 607 g/mol. The van der Waals surface area contributed by atoms with Gasteiger partial charge in [-0.15, -0.1) is 0 Å². The van der Waals surface area contributed by atoms with E-state index in [4.69, 9.17) is 5.11 Å². The summed E-state index contributed by atoms with van der Waals surface area (Å²) in [5.74, 6) is -0.801. The van der Waals surface area contributed by atoms with E-state index in [1.54, 1.807) is 24.3 Å². The van der Waals surface area contributed by atoms with Gasteiger partial charge >= 0.3 is 6.18 Å². The number of nitrogens with one attached hydrogen (secondary N) is 2. The lowest BCUT2D eigenvalue weighted by Gasteiger charge is -2.35. The molecule has 228 valence electrons. The third-order valence-corrected chi connectivity index (χ3v) is 10.7. The highest BCUT2D eigenvalue weighted by molar-refractivity contribution is 7.92. The number of aliphatic hydroxyl groups is 1. The number of piperidine rings is 1. The molecule has 2 atom stereocenters. The number of benzene rings is 2. The van der Waals surface area contributed by atoms with Crippen molar-refractivity contribution in [3.8, 4) is 0 Å². The highest BCUT2D eigenvalue weighted by Gasteiger charge is 2.45. The van der Waals surface area contributed by atoms with Gasteiger partial charge in [0.05, 0.1) is 29.3 Å². The molecule has 8 nitrogen and oxygen atoms in total. The summed E-state index contributed by atoms with van der Waals surface area (Å²) in [5, 5.41) is 12.0. The predicted octanol–water partition coefficient (Wildman–Crippen LogP) is 5.46. The van der Waals surface area contributed by atoms with Crippen molar-refractivity contribution in [2.45, 2.75) is 69.5 Å². The molecule has 42 heavy (non-hydrogen) atoms. The van der Waals surface area contributed by atoms with Crippen LogP contribution in [0.25, 0.3) is 0 Å². The van der Waals surface area contributed by atoms with E-state index in [2.05, 4.69) is 14.9 Å². The molecule has 0 bridgehead atoms. The Labute approximate surface area is 244 Å². The van der Waals surface area contributed by atoms with Crippen LogP contribution in [0.15, 0.2) is 36.4 Å². The normalized spacial score (nSPS) is 23.0. The number of hydrogen-bond donors (Lipinski definition) is 3. The van der Waals surface area contributed by atoms with E-state index in [1.165, 1.54) is 23.8 Å². The third-order valence-electron chi connectivity index (χ3n) is 9.47. The van der Waals surface area contributed by atoms with Gasteiger partial charge in [-0.1, -0.05) is 18.9 Å². The van der Waals surface area contributed by atoms with Crippen LogP contribution >= 0.6 is 0 Å². The van der Waals surface area contributed by atoms with Crippen LogP contribution in [0.1, 0.15) is 73.2 Å². The highest BCUT2D eigenvalue weighted by atomic mass is 32.2. The molecule has 0 aromatic heterocycles. The van der Waals surface area contributed by atoms with Crippen LogP contribution in [-0.2, 0) is 10.0 Å². The Hall–Kier alpha value is -2.99. The summed E-state index contributed by atoms with van der Waals surface area (Å²) in [5.41, 5.74) is 3.49. The Morgan fingerprint density at radius 3 is 2.36 bits per heavy atom. The van der Waals surface area contributed by atoms with E-state index in [0.717, 1.165) is 50.8 Å². The molecule has 2 unspecified atom stereocenters. The number of carbonyl (C=O) groups excluding carboxylic acids is 1. The molecule has 6 rings (SSSR count). The number of halogens is 3. The number of amides is 1. The zero-order valence-electron chi connectivity index (χ0n) is 23.4. The zero-order valence-corrected chi connectivity index (χ0v) is 24.2. The topological polar surface area (TPSA) is 102 Å². The molecule has 2 aliphatic heterocycles. The minimum Gasteiger partial charge on any atom is -0.395 e. The molecule has 2 saturated carbocycles. The smallest absolute Gasteiger partial charge is 0.395 e. The Morgan fingerprint density at radius 1 is 0.976 bits per heavy atom. The quantitative estimate of drug-likeness (QED) is 0.369. The molecule has 3 fully saturated rings. The summed E-state index contributed by atoms with van der Waals surface area (Å²) in [6, 6.07) is 9.81. The van der Waals surface area contributed by atoms with Crippen molar-refractivity contribution in [1.82, 2.24) is 0 Å². The second kappa shape index (κ2) is 10.9. The minimum absolute atomic E-state index is 0.0588. The maximum atomic E-state index is 13.7. The Morgan fingerprint density at radius 2 is 1.67 bits per heavy atom. The van der Waals surface area contributed by atoms with Crippen molar-refractivity contribution in [3.63, 3.8) is 0 Å². The van der Waals surface area contributed by atoms with Crippen LogP contribution in [0, 0.1) is 5.41 Å². The molecule has 2 aromatic carbocycles. The van der Waals surface area contributed by atoms with E-state index in [0.29, 0.717) is 40.1 Å². The number of nitrogens with zero attached hydrogens (tertiary/aromatic N) is 2. The maximum Gasteiger partial charge on any atom is 0.405 e. The lowest BCUT2D eigenvalue weighted by molar-refractivity contribution is -0.120. The molecule has 1 amide bonds. The minimum atomic E-state index is -4.34. The van der Waals surface area contributed by atoms with Gasteiger partial charge in [0.2, 0.25) is 10.0 Å². The molecule has 1 spiro atoms. The fraction of sp³-hybridized carbons (Fsp3) is 0.567. The SMILES string of the molecule is O=C(Nc1ccc2c(c1)N(CC(F)(F)F)C1CCCCC21)c1ccc(NS(=O)(=O)CCO)cc1N1CCC2(CC1)CC2. The van der Waals surface area contributed by atoms with Crippen molar-refractivity contribution in [2.75, 3.05) is 51.8 Å². The summed E-state index contributed by atoms with van der Waals surface area (Å²) in [7, 11) is -3.76. The molecule has 2 heterocycles. The number of carbonyl (C=O) groups is 1. The molecule has 1 saturated heterocycles. The first-order valence-corrected chi connectivity index (χ1v) is 16.4. The van der Waals surface area contributed by atoms with Gasteiger partial charge in [-0.05, 0) is 79.8 Å². The largest absolute Gasteiger partial charge is 0.405 e. The first-order valence-electron chi connectivity index (χ1n) is 14.7. The second-order valence-corrected chi connectivity index (χ2v) is 14.1. The monoisotopic (exact) mass is 606 g/mol. The number of fused-ring (bicyclic) bond motifs is 3. The second-order valence-electron chi connectivity index (χ2n) is 12.3. The Kier molecular flexibility index (Phi) is 7.57. The summed E-state index contributed by atoms with van der Waals surface area (Å²) in [4.78, 5) is 17.2. The molecule has 0 radical (unpaired) electrons. The summed E-state index contributed by atoms with van der Waals surface area (Å²) < 4.78 is 67.8. The van der Waals surface area contributed by atoms with Crippen LogP contribution in [0.2, 0.25) is 0 Å². The third kappa shape index (κ3) is 6.06. The number of anilines is 4. The van der Waals surface area contributed by atoms with Crippen molar-refractivity contribution in [3.05, 3.63) is 47.5 Å². The molecule has 3 N–H and O–H groups in total. The van der Waals surface area contributed by atoms with Gasteiger partial charge in [0.15, 0.2) is 0 Å².